The summed E-state index contributed by atoms with van der Waals surface area (Å²) in [5.41, 5.74) is 0. The van der Waals surface area contributed by atoms with Crippen LogP contribution in [0.25, 0.3) is 0 Å². The van der Waals surface area contributed by atoms with Crippen LogP contribution < -0.4 is 0 Å². The van der Waals surface area contributed by atoms with Crippen LogP contribution in [-0.2, 0) is 0 Å². The van der Waals surface area contributed by atoms with Crippen molar-refractivity contribution in [2.45, 2.75) is 38.8 Å². The van der Waals surface area contributed by atoms with Gasteiger partial charge in [0, 0.05) is 12.6 Å². The van der Waals surface area contributed by atoms with Crippen molar-refractivity contribution < 1.29 is 5.11 Å². The van der Waals surface area contributed by atoms with Gasteiger partial charge in [-0.3, -0.25) is 4.90 Å². The van der Waals surface area contributed by atoms with E-state index in [2.05, 4.69) is 18.7 Å². The third-order valence-corrected chi connectivity index (χ3v) is 2.16. The van der Waals surface area contributed by atoms with Gasteiger partial charge in [-0.05, 0) is 33.2 Å². The normalized spacial score (nSPS) is 29.4. The Hall–Kier alpha value is -0.0800. The highest BCUT2D eigenvalue weighted by Gasteiger charge is 2.18. The summed E-state index contributed by atoms with van der Waals surface area (Å²) in [5.74, 6) is 0. The van der Waals surface area contributed by atoms with Gasteiger partial charge in [-0.2, -0.15) is 0 Å². The van der Waals surface area contributed by atoms with Gasteiger partial charge in [-0.1, -0.05) is 0 Å². The van der Waals surface area contributed by atoms with E-state index >= 15 is 0 Å². The van der Waals surface area contributed by atoms with E-state index in [9.17, 15) is 5.11 Å². The van der Waals surface area contributed by atoms with E-state index in [1.54, 1.807) is 0 Å². The number of likely N-dealkylation sites (tertiary alicyclic amines) is 1. The molecule has 1 fully saturated rings. The van der Waals surface area contributed by atoms with Gasteiger partial charge < -0.3 is 5.11 Å². The Kier molecular flexibility index (Phi) is 2.69. The maximum absolute atomic E-state index is 9.29. The molecule has 0 unspecified atom stereocenters. The maximum atomic E-state index is 9.29. The average molecular weight is 143 g/mol. The molecule has 0 aromatic rings. The standard InChI is InChI=1S/C8H17NO/c1-7(2)9-5-3-4-8(10)6-9/h7-8,10H,3-6H2,1-2H3/t8-/m1/s1. The summed E-state index contributed by atoms with van der Waals surface area (Å²) < 4.78 is 0. The molecule has 1 aliphatic heterocycles. The number of piperidine rings is 1. The Balaban J connectivity index is 2.32. The van der Waals surface area contributed by atoms with E-state index in [0.29, 0.717) is 6.04 Å². The minimum Gasteiger partial charge on any atom is -0.392 e. The lowest BCUT2D eigenvalue weighted by molar-refractivity contribution is 0.0547. The number of aliphatic hydroxyl groups excluding tert-OH is 1. The van der Waals surface area contributed by atoms with Gasteiger partial charge in [-0.15, -0.1) is 0 Å². The molecule has 0 spiro atoms. The predicted molar refractivity (Wildman–Crippen MR) is 41.9 cm³/mol. The summed E-state index contributed by atoms with van der Waals surface area (Å²) in [5, 5.41) is 9.29. The highest BCUT2D eigenvalue weighted by molar-refractivity contribution is 4.73. The smallest absolute Gasteiger partial charge is 0.0667 e. The summed E-state index contributed by atoms with van der Waals surface area (Å²) >= 11 is 0. The number of hydrogen-bond donors (Lipinski definition) is 1. The summed E-state index contributed by atoms with van der Waals surface area (Å²) in [6.07, 6.45) is 2.07. The molecule has 1 N–H and O–H groups in total. The maximum Gasteiger partial charge on any atom is 0.0667 e. The summed E-state index contributed by atoms with van der Waals surface area (Å²) in [4.78, 5) is 2.33. The zero-order valence-electron chi connectivity index (χ0n) is 6.88. The van der Waals surface area contributed by atoms with Crippen LogP contribution in [0.1, 0.15) is 26.7 Å². The molecular formula is C8H17NO. The van der Waals surface area contributed by atoms with Crippen molar-refractivity contribution in [1.82, 2.24) is 4.90 Å². The van der Waals surface area contributed by atoms with Crippen LogP contribution >= 0.6 is 0 Å². The van der Waals surface area contributed by atoms with Crippen molar-refractivity contribution in [3.63, 3.8) is 0 Å². The van der Waals surface area contributed by atoms with E-state index in [1.165, 1.54) is 0 Å². The second kappa shape index (κ2) is 3.35. The quantitative estimate of drug-likeness (QED) is 0.588. The average Bonchev–Trinajstić information content (AvgIpc) is 1.88. The van der Waals surface area contributed by atoms with Crippen LogP contribution in [0.15, 0.2) is 0 Å². The van der Waals surface area contributed by atoms with E-state index in [-0.39, 0.29) is 6.10 Å². The monoisotopic (exact) mass is 143 g/mol. The second-order valence-electron chi connectivity index (χ2n) is 3.38. The molecule has 2 nitrogen and oxygen atoms in total. The molecule has 0 radical (unpaired) electrons. The number of rotatable bonds is 1. The molecule has 1 aliphatic rings. The Labute approximate surface area is 62.8 Å². The molecule has 0 aromatic carbocycles. The molecule has 0 aliphatic carbocycles. The van der Waals surface area contributed by atoms with E-state index in [0.717, 1.165) is 25.9 Å². The van der Waals surface area contributed by atoms with Gasteiger partial charge in [0.1, 0.15) is 0 Å². The lowest BCUT2D eigenvalue weighted by Gasteiger charge is -2.32. The first-order valence-corrected chi connectivity index (χ1v) is 4.12. The van der Waals surface area contributed by atoms with Crippen molar-refractivity contribution in [2.24, 2.45) is 0 Å². The summed E-state index contributed by atoms with van der Waals surface area (Å²) in [6, 6.07) is 0.593. The number of nitrogens with zero attached hydrogens (tertiary/aromatic N) is 1. The Morgan fingerprint density at radius 1 is 1.50 bits per heavy atom. The molecule has 1 saturated heterocycles. The molecule has 10 heavy (non-hydrogen) atoms. The zero-order chi connectivity index (χ0) is 7.56. The fourth-order valence-corrected chi connectivity index (χ4v) is 1.45. The third-order valence-electron chi connectivity index (χ3n) is 2.16. The molecule has 0 amide bonds. The molecule has 2 heteroatoms. The lowest BCUT2D eigenvalue weighted by atomic mass is 10.1. The topological polar surface area (TPSA) is 23.5 Å². The Morgan fingerprint density at radius 2 is 2.20 bits per heavy atom. The molecule has 60 valence electrons. The molecular weight excluding hydrogens is 126 g/mol. The van der Waals surface area contributed by atoms with Crippen molar-refractivity contribution in [1.29, 1.82) is 0 Å². The summed E-state index contributed by atoms with van der Waals surface area (Å²) in [6.45, 7) is 6.39. The van der Waals surface area contributed by atoms with Gasteiger partial charge in [0.2, 0.25) is 0 Å². The third kappa shape index (κ3) is 1.96. The first-order chi connectivity index (χ1) is 4.70. The molecule has 0 aromatic heterocycles. The zero-order valence-corrected chi connectivity index (χ0v) is 6.88. The van der Waals surface area contributed by atoms with Crippen molar-refractivity contribution in [3.8, 4) is 0 Å². The molecule has 1 atom stereocenters. The van der Waals surface area contributed by atoms with Gasteiger partial charge in [0.25, 0.3) is 0 Å². The highest BCUT2D eigenvalue weighted by atomic mass is 16.3. The van der Waals surface area contributed by atoms with E-state index < -0.39 is 0 Å². The van der Waals surface area contributed by atoms with Crippen LogP contribution in [0.3, 0.4) is 0 Å². The van der Waals surface area contributed by atoms with E-state index in [4.69, 9.17) is 0 Å². The largest absolute Gasteiger partial charge is 0.392 e. The first-order valence-electron chi connectivity index (χ1n) is 4.12. The molecule has 0 bridgehead atoms. The Morgan fingerprint density at radius 3 is 2.60 bits per heavy atom. The number of β-amino-alcohol motifs (C(OH)–C–C–N with tert-alkyl or cyclic N) is 1. The summed E-state index contributed by atoms with van der Waals surface area (Å²) in [7, 11) is 0. The van der Waals surface area contributed by atoms with Crippen LogP contribution in [0, 0.1) is 0 Å². The predicted octanol–water partition coefficient (Wildman–Crippen LogP) is 0.851. The van der Waals surface area contributed by atoms with Gasteiger partial charge in [0.05, 0.1) is 6.10 Å². The van der Waals surface area contributed by atoms with Crippen molar-refractivity contribution in [3.05, 3.63) is 0 Å². The minimum atomic E-state index is -0.0730. The van der Waals surface area contributed by atoms with Gasteiger partial charge in [0.15, 0.2) is 0 Å². The SMILES string of the molecule is CC(C)N1CCC[C@@H](O)C1. The minimum absolute atomic E-state index is 0.0730. The fraction of sp³-hybridized carbons (Fsp3) is 1.00. The van der Waals surface area contributed by atoms with Crippen LogP contribution in [-0.4, -0.2) is 35.2 Å². The molecule has 1 heterocycles. The van der Waals surface area contributed by atoms with Crippen LogP contribution in [0.4, 0.5) is 0 Å². The lowest BCUT2D eigenvalue weighted by Crippen LogP contribution is -2.42. The first kappa shape index (κ1) is 8.02. The van der Waals surface area contributed by atoms with Crippen LogP contribution in [0.2, 0.25) is 0 Å². The molecule has 1 rings (SSSR count). The van der Waals surface area contributed by atoms with Crippen molar-refractivity contribution >= 4 is 0 Å². The van der Waals surface area contributed by atoms with Crippen LogP contribution in [0.5, 0.6) is 0 Å². The fourth-order valence-electron chi connectivity index (χ4n) is 1.45. The molecule has 0 saturated carbocycles. The van der Waals surface area contributed by atoms with Gasteiger partial charge in [-0.25, -0.2) is 0 Å². The Bertz CT molecular complexity index is 103. The second-order valence-corrected chi connectivity index (χ2v) is 3.38. The van der Waals surface area contributed by atoms with Gasteiger partial charge >= 0.3 is 0 Å². The number of hydrogen-bond acceptors (Lipinski definition) is 2. The van der Waals surface area contributed by atoms with E-state index in [1.807, 2.05) is 0 Å². The number of aliphatic hydroxyl groups is 1. The highest BCUT2D eigenvalue weighted by Crippen LogP contribution is 2.11. The van der Waals surface area contributed by atoms with Crippen molar-refractivity contribution in [2.75, 3.05) is 13.1 Å².